The van der Waals surface area contributed by atoms with E-state index in [-0.39, 0.29) is 17.4 Å². The quantitative estimate of drug-likeness (QED) is 0.246. The number of carbonyl (C=O) groups is 1. The summed E-state index contributed by atoms with van der Waals surface area (Å²) >= 11 is 0. The van der Waals surface area contributed by atoms with E-state index in [1.165, 1.54) is 11.1 Å². The van der Waals surface area contributed by atoms with Crippen LogP contribution in [0.4, 0.5) is 0 Å². The van der Waals surface area contributed by atoms with E-state index in [2.05, 4.69) is 59.7 Å². The van der Waals surface area contributed by atoms with Crippen LogP contribution in [0.2, 0.25) is 0 Å². The summed E-state index contributed by atoms with van der Waals surface area (Å²) in [6.45, 7) is 13.6. The number of carbonyl (C=O) groups excluding carboxylic acids is 1. The summed E-state index contributed by atoms with van der Waals surface area (Å²) in [7, 11) is 2.12. The largest absolute Gasteiger partial charge is 0.467 e. The number of methoxy groups -OCH3 is 1. The highest BCUT2D eigenvalue weighted by Gasteiger charge is 2.33. The smallest absolute Gasteiger partial charge is 0.188 e. The fraction of sp³-hybridized carbons (Fsp3) is 0.500. The molecule has 0 radical (unpaired) electrons. The van der Waals surface area contributed by atoms with Crippen LogP contribution in [0.25, 0.3) is 0 Å². The monoisotopic (exact) mass is 428 g/mol. The Labute approximate surface area is 184 Å². The van der Waals surface area contributed by atoms with Crippen molar-refractivity contribution in [2.75, 3.05) is 13.9 Å². The Kier molecular flexibility index (Phi) is 8.64. The first-order valence-electron chi connectivity index (χ1n) is 10.8. The van der Waals surface area contributed by atoms with Gasteiger partial charge in [0.05, 0.1) is 0 Å². The Bertz CT molecular complexity index is 854. The summed E-state index contributed by atoms with van der Waals surface area (Å²) in [6.07, 6.45) is 4.25. The van der Waals surface area contributed by atoms with Crippen molar-refractivity contribution in [3.05, 3.63) is 58.7 Å². The molecule has 0 saturated carbocycles. The van der Waals surface area contributed by atoms with E-state index in [0.29, 0.717) is 8.58 Å². The molecule has 30 heavy (non-hydrogen) atoms. The lowest BCUT2D eigenvalue weighted by molar-refractivity contribution is 0.0494. The van der Waals surface area contributed by atoms with Crippen molar-refractivity contribution in [1.29, 1.82) is 0 Å². The summed E-state index contributed by atoms with van der Waals surface area (Å²) in [4.78, 5) is 11.7. The first kappa shape index (κ1) is 24.6. The topological polar surface area (TPSA) is 35.5 Å². The van der Waals surface area contributed by atoms with Crippen LogP contribution < -0.4 is 10.0 Å². The highest BCUT2D eigenvalue weighted by atomic mass is 31.1. The normalized spacial score (nSPS) is 14.1. The van der Waals surface area contributed by atoms with E-state index in [0.717, 1.165) is 47.7 Å². The van der Waals surface area contributed by atoms with Crippen LogP contribution in [-0.2, 0) is 15.3 Å². The number of aldehydes is 1. The van der Waals surface area contributed by atoms with Crippen LogP contribution in [0.15, 0.2) is 36.4 Å². The standard InChI is InChI=1S/C26H37O3P/c1-8-9-14-26(6,30-23-13-11-10-12-20(23)17-27)22-16-21(25(3,4)5)15-19(2)24(22)29-18-28-7/h10-13,15-17,30H,8-9,14,18H2,1-7H3. The number of benzene rings is 2. The number of ether oxygens (including phenoxy) is 2. The number of aryl methyl sites for hydroxylation is 1. The second-order valence-corrected chi connectivity index (χ2v) is 11.1. The van der Waals surface area contributed by atoms with E-state index in [1.807, 2.05) is 18.2 Å². The molecular formula is C26H37O3P. The molecule has 0 aromatic heterocycles. The van der Waals surface area contributed by atoms with Gasteiger partial charge in [-0.05, 0) is 35.2 Å². The maximum atomic E-state index is 11.7. The molecule has 0 bridgehead atoms. The van der Waals surface area contributed by atoms with Crippen molar-refractivity contribution in [2.24, 2.45) is 0 Å². The van der Waals surface area contributed by atoms with Gasteiger partial charge in [0, 0.05) is 23.4 Å². The number of hydrogen-bond donors (Lipinski definition) is 0. The predicted molar refractivity (Wildman–Crippen MR) is 129 cm³/mol. The molecule has 2 rings (SSSR count). The summed E-state index contributed by atoms with van der Waals surface area (Å²) in [5.74, 6) is 0.916. The fourth-order valence-corrected chi connectivity index (χ4v) is 5.41. The summed E-state index contributed by atoms with van der Waals surface area (Å²) in [5.41, 5.74) is 4.47. The van der Waals surface area contributed by atoms with Gasteiger partial charge >= 0.3 is 0 Å². The molecule has 0 aliphatic carbocycles. The van der Waals surface area contributed by atoms with E-state index >= 15 is 0 Å². The zero-order valence-electron chi connectivity index (χ0n) is 19.6. The highest BCUT2D eigenvalue weighted by molar-refractivity contribution is 7.48. The van der Waals surface area contributed by atoms with E-state index in [4.69, 9.17) is 9.47 Å². The minimum Gasteiger partial charge on any atom is -0.467 e. The zero-order chi connectivity index (χ0) is 22.4. The van der Waals surface area contributed by atoms with Gasteiger partial charge in [-0.1, -0.05) is 92.4 Å². The molecule has 2 atom stereocenters. The third-order valence-corrected chi connectivity index (χ3v) is 7.38. The average molecular weight is 429 g/mol. The molecule has 4 heteroatoms. The van der Waals surface area contributed by atoms with Crippen LogP contribution in [0.3, 0.4) is 0 Å². The van der Waals surface area contributed by atoms with Gasteiger partial charge in [0.25, 0.3) is 0 Å². The first-order valence-corrected chi connectivity index (χ1v) is 11.8. The molecule has 0 aliphatic rings. The Morgan fingerprint density at radius 1 is 1.10 bits per heavy atom. The van der Waals surface area contributed by atoms with Gasteiger partial charge in [-0.25, -0.2) is 0 Å². The lowest BCUT2D eigenvalue weighted by atomic mass is 9.82. The lowest BCUT2D eigenvalue weighted by Crippen LogP contribution is -2.24. The second kappa shape index (κ2) is 10.6. The van der Waals surface area contributed by atoms with Crippen LogP contribution in [0, 0.1) is 6.92 Å². The molecule has 0 N–H and O–H groups in total. The number of rotatable bonds is 10. The van der Waals surface area contributed by atoms with Crippen molar-refractivity contribution in [2.45, 2.75) is 71.4 Å². The molecule has 0 amide bonds. The van der Waals surface area contributed by atoms with E-state index in [1.54, 1.807) is 7.11 Å². The predicted octanol–water partition coefficient (Wildman–Crippen LogP) is 6.50. The number of unbranched alkanes of at least 4 members (excludes halogenated alkanes) is 1. The van der Waals surface area contributed by atoms with Crippen molar-refractivity contribution in [1.82, 2.24) is 0 Å². The Morgan fingerprint density at radius 2 is 1.80 bits per heavy atom. The highest BCUT2D eigenvalue weighted by Crippen LogP contribution is 2.50. The van der Waals surface area contributed by atoms with Crippen LogP contribution >= 0.6 is 8.58 Å². The number of hydrogen-bond acceptors (Lipinski definition) is 3. The van der Waals surface area contributed by atoms with Gasteiger partial charge in [-0.3, -0.25) is 4.79 Å². The zero-order valence-corrected chi connectivity index (χ0v) is 20.6. The van der Waals surface area contributed by atoms with Crippen molar-refractivity contribution in [3.8, 4) is 5.75 Å². The molecule has 0 fully saturated rings. The average Bonchev–Trinajstić information content (AvgIpc) is 2.70. The fourth-order valence-electron chi connectivity index (χ4n) is 3.73. The van der Waals surface area contributed by atoms with Gasteiger partial charge in [0.2, 0.25) is 0 Å². The molecule has 2 aromatic rings. The first-order chi connectivity index (χ1) is 14.2. The summed E-state index contributed by atoms with van der Waals surface area (Å²) < 4.78 is 11.4. The van der Waals surface area contributed by atoms with Crippen molar-refractivity contribution in [3.63, 3.8) is 0 Å². The Balaban J connectivity index is 2.68. The van der Waals surface area contributed by atoms with Gasteiger partial charge in [0.1, 0.15) is 5.75 Å². The third kappa shape index (κ3) is 5.93. The SMILES string of the molecule is CCCCC(C)(Pc1ccccc1C=O)c1cc(C(C)(C)C)cc(C)c1OCOC. The second-order valence-electron chi connectivity index (χ2n) is 9.24. The lowest BCUT2D eigenvalue weighted by Gasteiger charge is -2.35. The molecule has 2 aromatic carbocycles. The third-order valence-electron chi connectivity index (χ3n) is 5.58. The van der Waals surface area contributed by atoms with Gasteiger partial charge in [0.15, 0.2) is 13.1 Å². The molecule has 164 valence electrons. The van der Waals surface area contributed by atoms with Crippen molar-refractivity contribution < 1.29 is 14.3 Å². The molecule has 0 aliphatic heterocycles. The molecule has 2 unspecified atom stereocenters. The Hall–Kier alpha value is -1.70. The molecule has 0 heterocycles. The minimum absolute atomic E-state index is 0.0365. The molecule has 0 spiro atoms. The summed E-state index contributed by atoms with van der Waals surface area (Å²) in [5, 5.41) is 0.979. The molecular weight excluding hydrogens is 391 g/mol. The minimum atomic E-state index is -0.135. The Morgan fingerprint density at radius 3 is 2.40 bits per heavy atom. The van der Waals surface area contributed by atoms with E-state index in [9.17, 15) is 4.79 Å². The maximum Gasteiger partial charge on any atom is 0.188 e. The summed E-state index contributed by atoms with van der Waals surface area (Å²) in [6, 6.07) is 12.5. The van der Waals surface area contributed by atoms with Gasteiger partial charge < -0.3 is 9.47 Å². The van der Waals surface area contributed by atoms with Gasteiger partial charge in [-0.15, -0.1) is 0 Å². The maximum absolute atomic E-state index is 11.7. The van der Waals surface area contributed by atoms with Crippen molar-refractivity contribution >= 4 is 20.2 Å². The van der Waals surface area contributed by atoms with Crippen LogP contribution in [0.1, 0.15) is 80.9 Å². The van der Waals surface area contributed by atoms with Gasteiger partial charge in [-0.2, -0.15) is 0 Å². The van der Waals surface area contributed by atoms with E-state index < -0.39 is 0 Å². The van der Waals surface area contributed by atoms with Crippen LogP contribution in [-0.4, -0.2) is 20.2 Å². The molecule has 0 saturated heterocycles. The molecule has 3 nitrogen and oxygen atoms in total. The van der Waals surface area contributed by atoms with Crippen LogP contribution in [0.5, 0.6) is 5.75 Å².